The third-order valence-electron chi connectivity index (χ3n) is 2.99. The zero-order valence-corrected chi connectivity index (χ0v) is 7.62. The number of nitrogens with two attached hydrogens (primary N) is 1. The average Bonchev–Trinajstić information content (AvgIpc) is 2.80. The number of nitrogens with one attached hydrogen (secondary N) is 1. The van der Waals surface area contributed by atoms with Crippen LogP contribution in [-0.2, 0) is 5.41 Å². The Morgan fingerprint density at radius 2 is 2.15 bits per heavy atom. The van der Waals surface area contributed by atoms with Crippen molar-refractivity contribution in [1.82, 2.24) is 4.98 Å². The minimum Gasteiger partial charge on any atom is -0.387 e. The van der Waals surface area contributed by atoms with E-state index < -0.39 is 0 Å². The molecule has 3 heteroatoms. The van der Waals surface area contributed by atoms with Gasteiger partial charge in [-0.1, -0.05) is 6.92 Å². The molecule has 13 heavy (non-hydrogen) atoms. The van der Waals surface area contributed by atoms with E-state index in [1.807, 2.05) is 12.1 Å². The molecule has 1 aromatic heterocycles. The predicted octanol–water partition coefficient (Wildman–Crippen LogP) is 1.30. The zero-order valence-electron chi connectivity index (χ0n) is 7.62. The minimum atomic E-state index is -0.178. The highest BCUT2D eigenvalue weighted by molar-refractivity contribution is 5.92. The van der Waals surface area contributed by atoms with Crippen molar-refractivity contribution >= 4 is 5.84 Å². The van der Waals surface area contributed by atoms with Crippen molar-refractivity contribution in [1.29, 1.82) is 5.41 Å². The quantitative estimate of drug-likeness (QED) is 0.525. The van der Waals surface area contributed by atoms with Gasteiger partial charge in [-0.2, -0.15) is 0 Å². The monoisotopic (exact) mass is 175 g/mol. The van der Waals surface area contributed by atoms with Crippen molar-refractivity contribution < 1.29 is 0 Å². The van der Waals surface area contributed by atoms with E-state index in [1.165, 1.54) is 0 Å². The van der Waals surface area contributed by atoms with Crippen LogP contribution < -0.4 is 5.73 Å². The molecule has 1 aliphatic carbocycles. The van der Waals surface area contributed by atoms with E-state index in [4.69, 9.17) is 11.1 Å². The third-order valence-corrected chi connectivity index (χ3v) is 2.99. The van der Waals surface area contributed by atoms with Gasteiger partial charge in [0.2, 0.25) is 0 Å². The van der Waals surface area contributed by atoms with Gasteiger partial charge in [-0.15, -0.1) is 0 Å². The zero-order chi connectivity index (χ0) is 9.47. The number of hydrogen-bond donors (Lipinski definition) is 2. The van der Waals surface area contributed by atoms with Gasteiger partial charge >= 0.3 is 0 Å². The van der Waals surface area contributed by atoms with E-state index in [9.17, 15) is 0 Å². The molecule has 2 atom stereocenters. The van der Waals surface area contributed by atoms with Gasteiger partial charge in [-0.05, 0) is 30.0 Å². The van der Waals surface area contributed by atoms with Crippen molar-refractivity contribution in [3.05, 3.63) is 30.1 Å². The fourth-order valence-corrected chi connectivity index (χ4v) is 2.01. The van der Waals surface area contributed by atoms with Crippen LogP contribution in [-0.4, -0.2) is 10.8 Å². The maximum atomic E-state index is 7.58. The first-order valence-corrected chi connectivity index (χ1v) is 4.43. The third kappa shape index (κ3) is 1.03. The van der Waals surface area contributed by atoms with Gasteiger partial charge in [0.05, 0.1) is 5.41 Å². The molecule has 1 aliphatic rings. The molecule has 2 rings (SSSR count). The summed E-state index contributed by atoms with van der Waals surface area (Å²) in [7, 11) is 0. The van der Waals surface area contributed by atoms with E-state index in [1.54, 1.807) is 12.4 Å². The van der Waals surface area contributed by atoms with Gasteiger partial charge in [-0.25, -0.2) is 0 Å². The summed E-state index contributed by atoms with van der Waals surface area (Å²) in [5.41, 5.74) is 6.57. The Morgan fingerprint density at radius 3 is 2.54 bits per heavy atom. The van der Waals surface area contributed by atoms with E-state index >= 15 is 0 Å². The van der Waals surface area contributed by atoms with E-state index in [2.05, 4.69) is 11.9 Å². The molecule has 0 saturated heterocycles. The lowest BCUT2D eigenvalue weighted by Crippen LogP contribution is -2.29. The molecule has 0 spiro atoms. The van der Waals surface area contributed by atoms with Gasteiger partial charge in [0.1, 0.15) is 5.84 Å². The Balaban J connectivity index is 2.40. The maximum Gasteiger partial charge on any atom is 0.102 e. The molecule has 3 nitrogen and oxygen atoms in total. The largest absolute Gasteiger partial charge is 0.387 e. The lowest BCUT2D eigenvalue weighted by atomic mass is 9.93. The number of amidine groups is 1. The first-order chi connectivity index (χ1) is 6.18. The van der Waals surface area contributed by atoms with Crippen LogP contribution in [0.1, 0.15) is 18.9 Å². The molecule has 1 heterocycles. The number of pyridine rings is 1. The van der Waals surface area contributed by atoms with Gasteiger partial charge < -0.3 is 5.73 Å². The summed E-state index contributed by atoms with van der Waals surface area (Å²) in [6.45, 7) is 2.13. The molecule has 0 aromatic carbocycles. The molecule has 3 N–H and O–H groups in total. The molecule has 0 radical (unpaired) electrons. The topological polar surface area (TPSA) is 62.8 Å². The summed E-state index contributed by atoms with van der Waals surface area (Å²) in [5.74, 6) is 0.776. The first kappa shape index (κ1) is 8.23. The van der Waals surface area contributed by atoms with Gasteiger partial charge in [0, 0.05) is 12.4 Å². The van der Waals surface area contributed by atoms with Crippen LogP contribution in [0.3, 0.4) is 0 Å². The molecule has 68 valence electrons. The van der Waals surface area contributed by atoms with Crippen molar-refractivity contribution in [3.63, 3.8) is 0 Å². The highest BCUT2D eigenvalue weighted by atomic mass is 14.8. The predicted molar refractivity (Wildman–Crippen MR) is 51.6 cm³/mol. The van der Waals surface area contributed by atoms with Crippen LogP contribution in [0.5, 0.6) is 0 Å². The van der Waals surface area contributed by atoms with Crippen molar-refractivity contribution in [2.75, 3.05) is 0 Å². The highest BCUT2D eigenvalue weighted by Gasteiger charge is 2.55. The number of rotatable bonds is 2. The molecule has 1 saturated carbocycles. The van der Waals surface area contributed by atoms with Gasteiger partial charge in [0.25, 0.3) is 0 Å². The van der Waals surface area contributed by atoms with Crippen molar-refractivity contribution in [3.8, 4) is 0 Å². The van der Waals surface area contributed by atoms with Crippen molar-refractivity contribution in [2.45, 2.75) is 18.8 Å². The van der Waals surface area contributed by atoms with Crippen LogP contribution in [0.15, 0.2) is 24.5 Å². The lowest BCUT2D eigenvalue weighted by molar-refractivity contribution is 0.803. The summed E-state index contributed by atoms with van der Waals surface area (Å²) >= 11 is 0. The summed E-state index contributed by atoms with van der Waals surface area (Å²) in [5, 5.41) is 7.58. The standard InChI is InChI=1S/C10H13N3/c1-7-6-10(7,9(11)12)8-2-4-13-5-3-8/h2-5,7H,6H2,1H3,(H3,11,12). The maximum absolute atomic E-state index is 7.58. The molecular formula is C10H13N3. The summed E-state index contributed by atoms with van der Waals surface area (Å²) in [6, 6.07) is 3.90. The van der Waals surface area contributed by atoms with Crippen LogP contribution in [0, 0.1) is 11.3 Å². The van der Waals surface area contributed by atoms with E-state index in [0.29, 0.717) is 5.92 Å². The normalized spacial score (nSPS) is 31.3. The highest BCUT2D eigenvalue weighted by Crippen LogP contribution is 2.53. The van der Waals surface area contributed by atoms with E-state index in [-0.39, 0.29) is 11.3 Å². The van der Waals surface area contributed by atoms with Crippen LogP contribution in [0.2, 0.25) is 0 Å². The molecule has 1 aromatic rings. The summed E-state index contributed by atoms with van der Waals surface area (Å²) in [6.07, 6.45) is 4.50. The second kappa shape index (κ2) is 2.55. The van der Waals surface area contributed by atoms with Crippen LogP contribution in [0.25, 0.3) is 0 Å². The Kier molecular flexibility index (Phi) is 1.62. The van der Waals surface area contributed by atoms with Crippen LogP contribution >= 0.6 is 0 Å². The number of nitrogens with zero attached hydrogens (tertiary/aromatic N) is 1. The molecule has 2 unspecified atom stereocenters. The fourth-order valence-electron chi connectivity index (χ4n) is 2.01. The minimum absolute atomic E-state index is 0.178. The number of aromatic nitrogens is 1. The number of hydrogen-bond acceptors (Lipinski definition) is 2. The molecule has 0 bridgehead atoms. The second-order valence-corrected chi connectivity index (χ2v) is 3.73. The lowest BCUT2D eigenvalue weighted by Gasteiger charge is -2.14. The Morgan fingerprint density at radius 1 is 1.62 bits per heavy atom. The van der Waals surface area contributed by atoms with Gasteiger partial charge in [-0.3, -0.25) is 10.4 Å². The SMILES string of the molecule is CC1CC1(C(=N)N)c1ccncc1. The van der Waals surface area contributed by atoms with E-state index in [0.717, 1.165) is 12.0 Å². The summed E-state index contributed by atoms with van der Waals surface area (Å²) < 4.78 is 0. The Bertz CT molecular complexity index is 333. The molecule has 1 fully saturated rings. The Labute approximate surface area is 77.5 Å². The van der Waals surface area contributed by atoms with Gasteiger partial charge in [0.15, 0.2) is 0 Å². The summed E-state index contributed by atoms with van der Waals surface area (Å²) in [4.78, 5) is 3.96. The fraction of sp³-hybridized carbons (Fsp3) is 0.400. The Hall–Kier alpha value is -1.38. The van der Waals surface area contributed by atoms with Crippen LogP contribution in [0.4, 0.5) is 0 Å². The smallest absolute Gasteiger partial charge is 0.102 e. The second-order valence-electron chi connectivity index (χ2n) is 3.73. The molecule has 0 aliphatic heterocycles. The molecular weight excluding hydrogens is 162 g/mol. The molecule has 0 amide bonds. The van der Waals surface area contributed by atoms with Crippen molar-refractivity contribution in [2.24, 2.45) is 11.7 Å². The first-order valence-electron chi connectivity index (χ1n) is 4.43. The average molecular weight is 175 g/mol.